The van der Waals surface area contributed by atoms with E-state index in [9.17, 15) is 9.18 Å². The van der Waals surface area contributed by atoms with Crippen LogP contribution in [-0.2, 0) is 11.2 Å². The van der Waals surface area contributed by atoms with Gasteiger partial charge in [-0.15, -0.1) is 0 Å². The van der Waals surface area contributed by atoms with Crippen LogP contribution in [0.2, 0.25) is 0 Å². The van der Waals surface area contributed by atoms with E-state index in [0.717, 1.165) is 6.42 Å². The van der Waals surface area contributed by atoms with Gasteiger partial charge >= 0.3 is 0 Å². The predicted octanol–water partition coefficient (Wildman–Crippen LogP) is 3.80. The second kappa shape index (κ2) is 6.87. The molecule has 1 aromatic rings. The van der Waals surface area contributed by atoms with Gasteiger partial charge in [-0.3, -0.25) is 4.79 Å². The van der Waals surface area contributed by atoms with Crippen molar-refractivity contribution in [2.45, 2.75) is 51.5 Å². The van der Waals surface area contributed by atoms with Gasteiger partial charge in [-0.05, 0) is 36.8 Å². The molecule has 2 rings (SSSR count). The Labute approximate surface area is 121 Å². The maximum atomic E-state index is 13.5. The van der Waals surface area contributed by atoms with E-state index in [-0.39, 0.29) is 11.7 Å². The molecule has 0 bridgehead atoms. The topological polar surface area (TPSA) is 20.3 Å². The van der Waals surface area contributed by atoms with Crippen LogP contribution in [0.1, 0.15) is 44.6 Å². The first-order valence-electron chi connectivity index (χ1n) is 7.58. The van der Waals surface area contributed by atoms with Gasteiger partial charge in [-0.25, -0.2) is 4.39 Å². The van der Waals surface area contributed by atoms with Crippen LogP contribution in [0.15, 0.2) is 24.3 Å². The molecule has 0 aromatic heterocycles. The molecule has 0 saturated heterocycles. The summed E-state index contributed by atoms with van der Waals surface area (Å²) >= 11 is 0. The summed E-state index contributed by atoms with van der Waals surface area (Å²) in [6.45, 7) is 2.23. The minimum Gasteiger partial charge on any atom is -0.343 e. The first kappa shape index (κ1) is 15.0. The Hall–Kier alpha value is -1.38. The van der Waals surface area contributed by atoms with E-state index in [1.54, 1.807) is 12.1 Å². The van der Waals surface area contributed by atoms with E-state index in [1.807, 2.05) is 18.0 Å². The lowest BCUT2D eigenvalue weighted by molar-refractivity contribution is -0.133. The van der Waals surface area contributed by atoms with Crippen molar-refractivity contribution in [1.82, 2.24) is 4.90 Å². The molecule has 110 valence electrons. The molecule has 1 aromatic carbocycles. The Morgan fingerprint density at radius 2 is 2.00 bits per heavy atom. The summed E-state index contributed by atoms with van der Waals surface area (Å²) in [5.41, 5.74) is 0.631. The number of hydrogen-bond acceptors (Lipinski definition) is 1. The van der Waals surface area contributed by atoms with Crippen molar-refractivity contribution >= 4 is 5.91 Å². The van der Waals surface area contributed by atoms with E-state index < -0.39 is 0 Å². The van der Waals surface area contributed by atoms with Crippen molar-refractivity contribution in [3.05, 3.63) is 35.6 Å². The number of amides is 1. The van der Waals surface area contributed by atoms with Crippen LogP contribution < -0.4 is 0 Å². The number of carbonyl (C=O) groups is 1. The Morgan fingerprint density at radius 1 is 1.30 bits per heavy atom. The lowest BCUT2D eigenvalue weighted by atomic mass is 9.85. The van der Waals surface area contributed by atoms with E-state index >= 15 is 0 Å². The largest absolute Gasteiger partial charge is 0.343 e. The molecule has 2 nitrogen and oxygen atoms in total. The van der Waals surface area contributed by atoms with Gasteiger partial charge in [0.2, 0.25) is 5.91 Å². The number of benzene rings is 1. The van der Waals surface area contributed by atoms with Gasteiger partial charge in [-0.2, -0.15) is 0 Å². The number of aryl methyl sites for hydroxylation is 1. The minimum absolute atomic E-state index is 0.131. The second-order valence-electron chi connectivity index (χ2n) is 5.93. The molecular weight excluding hydrogens is 253 g/mol. The normalized spacial score (nSPS) is 22.6. The maximum Gasteiger partial charge on any atom is 0.222 e. The van der Waals surface area contributed by atoms with Gasteiger partial charge in [0, 0.05) is 19.5 Å². The SMILES string of the molecule is CC1CCCCC1N(C)C(=O)CCc1ccccc1F. The van der Waals surface area contributed by atoms with Crippen LogP contribution >= 0.6 is 0 Å². The first-order valence-corrected chi connectivity index (χ1v) is 7.58. The molecular formula is C17H24FNO. The molecule has 1 aliphatic rings. The zero-order valence-electron chi connectivity index (χ0n) is 12.4. The zero-order valence-corrected chi connectivity index (χ0v) is 12.4. The monoisotopic (exact) mass is 277 g/mol. The number of hydrogen-bond donors (Lipinski definition) is 0. The zero-order chi connectivity index (χ0) is 14.5. The van der Waals surface area contributed by atoms with E-state index in [1.165, 1.54) is 25.3 Å². The minimum atomic E-state index is -0.214. The average Bonchev–Trinajstić information content (AvgIpc) is 2.46. The standard InChI is InChI=1S/C17H24FNO/c1-13-7-3-6-10-16(13)19(2)17(20)12-11-14-8-4-5-9-15(14)18/h4-5,8-9,13,16H,3,6-7,10-12H2,1-2H3. The third-order valence-electron chi connectivity index (χ3n) is 4.52. The highest BCUT2D eigenvalue weighted by molar-refractivity contribution is 5.76. The Balaban J connectivity index is 1.89. The van der Waals surface area contributed by atoms with Gasteiger partial charge in [0.1, 0.15) is 5.82 Å². The summed E-state index contributed by atoms with van der Waals surface area (Å²) in [5, 5.41) is 0. The first-order chi connectivity index (χ1) is 9.59. The summed E-state index contributed by atoms with van der Waals surface area (Å²) in [6, 6.07) is 7.06. The van der Waals surface area contributed by atoms with Crippen molar-refractivity contribution in [2.24, 2.45) is 5.92 Å². The van der Waals surface area contributed by atoms with Crippen molar-refractivity contribution in [3.63, 3.8) is 0 Å². The number of halogens is 1. The fourth-order valence-electron chi connectivity index (χ4n) is 3.18. The molecule has 2 unspecified atom stereocenters. The van der Waals surface area contributed by atoms with Gasteiger partial charge in [0.15, 0.2) is 0 Å². The van der Waals surface area contributed by atoms with Crippen molar-refractivity contribution in [3.8, 4) is 0 Å². The molecule has 3 heteroatoms. The summed E-state index contributed by atoms with van der Waals surface area (Å²) in [5.74, 6) is 0.493. The van der Waals surface area contributed by atoms with Gasteiger partial charge in [-0.1, -0.05) is 38.0 Å². The summed E-state index contributed by atoms with van der Waals surface area (Å²) < 4.78 is 13.5. The van der Waals surface area contributed by atoms with Gasteiger partial charge in [0.25, 0.3) is 0 Å². The van der Waals surface area contributed by atoms with Gasteiger partial charge in [0.05, 0.1) is 0 Å². The third-order valence-corrected chi connectivity index (χ3v) is 4.52. The van der Waals surface area contributed by atoms with E-state index in [4.69, 9.17) is 0 Å². The lowest BCUT2D eigenvalue weighted by Gasteiger charge is -2.36. The quantitative estimate of drug-likeness (QED) is 0.820. The molecule has 1 saturated carbocycles. The third kappa shape index (κ3) is 3.59. The lowest BCUT2D eigenvalue weighted by Crippen LogP contribution is -2.42. The molecule has 0 aliphatic heterocycles. The maximum absolute atomic E-state index is 13.5. The molecule has 0 radical (unpaired) electrons. The molecule has 1 fully saturated rings. The molecule has 0 N–H and O–H groups in total. The molecule has 1 amide bonds. The van der Waals surface area contributed by atoms with Crippen LogP contribution in [-0.4, -0.2) is 23.9 Å². The second-order valence-corrected chi connectivity index (χ2v) is 5.93. The Morgan fingerprint density at radius 3 is 2.70 bits per heavy atom. The fraction of sp³-hybridized carbons (Fsp3) is 0.588. The van der Waals surface area contributed by atoms with E-state index in [2.05, 4.69) is 6.92 Å². The molecule has 0 heterocycles. The molecule has 0 spiro atoms. The van der Waals surface area contributed by atoms with Crippen LogP contribution in [0.4, 0.5) is 4.39 Å². The Kier molecular flexibility index (Phi) is 5.16. The van der Waals surface area contributed by atoms with Crippen LogP contribution in [0.5, 0.6) is 0 Å². The molecule has 2 atom stereocenters. The highest BCUT2D eigenvalue weighted by Gasteiger charge is 2.27. The highest BCUT2D eigenvalue weighted by Crippen LogP contribution is 2.27. The van der Waals surface area contributed by atoms with Crippen LogP contribution in [0, 0.1) is 11.7 Å². The van der Waals surface area contributed by atoms with Crippen molar-refractivity contribution in [2.75, 3.05) is 7.05 Å². The Bertz CT molecular complexity index is 460. The van der Waals surface area contributed by atoms with Gasteiger partial charge < -0.3 is 4.90 Å². The van der Waals surface area contributed by atoms with E-state index in [0.29, 0.717) is 30.4 Å². The number of rotatable bonds is 4. The highest BCUT2D eigenvalue weighted by atomic mass is 19.1. The molecule has 1 aliphatic carbocycles. The molecule has 20 heavy (non-hydrogen) atoms. The predicted molar refractivity (Wildman–Crippen MR) is 78.9 cm³/mol. The van der Waals surface area contributed by atoms with Crippen LogP contribution in [0.3, 0.4) is 0 Å². The summed E-state index contributed by atoms with van der Waals surface area (Å²) in [7, 11) is 1.90. The summed E-state index contributed by atoms with van der Waals surface area (Å²) in [6.07, 6.45) is 5.66. The average molecular weight is 277 g/mol. The van der Waals surface area contributed by atoms with Crippen LogP contribution in [0.25, 0.3) is 0 Å². The number of nitrogens with zero attached hydrogens (tertiary/aromatic N) is 1. The van der Waals surface area contributed by atoms with Crippen molar-refractivity contribution in [1.29, 1.82) is 0 Å². The fourth-order valence-corrected chi connectivity index (χ4v) is 3.18. The van der Waals surface area contributed by atoms with Crippen molar-refractivity contribution < 1.29 is 9.18 Å². The summed E-state index contributed by atoms with van der Waals surface area (Å²) in [4.78, 5) is 14.2. The number of carbonyl (C=O) groups excluding carboxylic acids is 1. The smallest absolute Gasteiger partial charge is 0.222 e.